The molecule has 4 rings (SSSR count). The SMILES string of the molecule is Cn1cnc2c(N3CCOCC3)cc(NNC(=O)OCc3ccccc3)nc21. The number of nitrogens with one attached hydrogen (secondary N) is 2. The number of ether oxygens (including phenoxy) is 2. The van der Waals surface area contributed by atoms with Crippen molar-refractivity contribution in [2.45, 2.75) is 6.61 Å². The fourth-order valence-electron chi connectivity index (χ4n) is 3.06. The minimum absolute atomic E-state index is 0.196. The van der Waals surface area contributed by atoms with Gasteiger partial charge in [-0.1, -0.05) is 30.3 Å². The number of imidazole rings is 1. The highest BCUT2D eigenvalue weighted by Crippen LogP contribution is 2.27. The van der Waals surface area contributed by atoms with E-state index in [-0.39, 0.29) is 6.61 Å². The Kier molecular flexibility index (Phi) is 5.24. The van der Waals surface area contributed by atoms with Crippen LogP contribution in [-0.4, -0.2) is 46.9 Å². The molecule has 28 heavy (non-hydrogen) atoms. The molecule has 1 saturated heterocycles. The summed E-state index contributed by atoms with van der Waals surface area (Å²) in [5.74, 6) is 0.509. The quantitative estimate of drug-likeness (QED) is 0.653. The van der Waals surface area contributed by atoms with Gasteiger partial charge in [-0.05, 0) is 5.56 Å². The monoisotopic (exact) mass is 382 g/mol. The molecule has 146 valence electrons. The van der Waals surface area contributed by atoms with Gasteiger partial charge < -0.3 is 18.9 Å². The summed E-state index contributed by atoms with van der Waals surface area (Å²) >= 11 is 0. The van der Waals surface area contributed by atoms with E-state index in [1.54, 1.807) is 6.33 Å². The number of hydrazine groups is 1. The average Bonchev–Trinajstić information content (AvgIpc) is 3.12. The van der Waals surface area contributed by atoms with Gasteiger partial charge in [-0.2, -0.15) is 0 Å². The first-order valence-electron chi connectivity index (χ1n) is 9.08. The van der Waals surface area contributed by atoms with Gasteiger partial charge in [-0.25, -0.2) is 20.2 Å². The molecule has 0 radical (unpaired) electrons. The van der Waals surface area contributed by atoms with E-state index < -0.39 is 6.09 Å². The number of pyridine rings is 1. The van der Waals surface area contributed by atoms with Crippen LogP contribution in [0.15, 0.2) is 42.7 Å². The van der Waals surface area contributed by atoms with Crippen molar-refractivity contribution in [3.8, 4) is 0 Å². The van der Waals surface area contributed by atoms with Gasteiger partial charge in [0.25, 0.3) is 0 Å². The fraction of sp³-hybridized carbons (Fsp3) is 0.316. The number of aromatic nitrogens is 3. The van der Waals surface area contributed by atoms with Crippen molar-refractivity contribution in [3.63, 3.8) is 0 Å². The highest BCUT2D eigenvalue weighted by atomic mass is 16.6. The molecule has 9 nitrogen and oxygen atoms in total. The summed E-state index contributed by atoms with van der Waals surface area (Å²) in [4.78, 5) is 23.2. The van der Waals surface area contributed by atoms with E-state index in [0.717, 1.165) is 35.5 Å². The molecule has 2 N–H and O–H groups in total. The van der Waals surface area contributed by atoms with Gasteiger partial charge in [-0.15, -0.1) is 0 Å². The molecule has 0 unspecified atom stereocenters. The Hall–Kier alpha value is -3.33. The van der Waals surface area contributed by atoms with Crippen LogP contribution in [-0.2, 0) is 23.1 Å². The van der Waals surface area contributed by atoms with Gasteiger partial charge >= 0.3 is 6.09 Å². The second-order valence-electron chi connectivity index (χ2n) is 6.47. The maximum atomic E-state index is 12.0. The summed E-state index contributed by atoms with van der Waals surface area (Å²) < 4.78 is 12.5. The van der Waals surface area contributed by atoms with Crippen molar-refractivity contribution in [3.05, 3.63) is 48.3 Å². The summed E-state index contributed by atoms with van der Waals surface area (Å²) in [5.41, 5.74) is 8.79. The Balaban J connectivity index is 1.45. The predicted octanol–water partition coefficient (Wildman–Crippen LogP) is 2.06. The van der Waals surface area contributed by atoms with Gasteiger partial charge in [0.2, 0.25) is 0 Å². The Bertz CT molecular complexity index is 953. The first-order chi connectivity index (χ1) is 13.7. The van der Waals surface area contributed by atoms with Gasteiger partial charge in [0.05, 0.1) is 25.2 Å². The molecule has 0 bridgehead atoms. The third-order valence-corrected chi connectivity index (χ3v) is 4.51. The maximum Gasteiger partial charge on any atom is 0.426 e. The van der Waals surface area contributed by atoms with Crippen molar-refractivity contribution >= 4 is 28.8 Å². The Morgan fingerprint density at radius 3 is 2.82 bits per heavy atom. The zero-order valence-electron chi connectivity index (χ0n) is 15.6. The van der Waals surface area contributed by atoms with Crippen LogP contribution in [0, 0.1) is 0 Å². The van der Waals surface area contributed by atoms with Gasteiger partial charge in [0.1, 0.15) is 17.9 Å². The van der Waals surface area contributed by atoms with Crippen LogP contribution >= 0.6 is 0 Å². The number of benzene rings is 1. The predicted molar refractivity (Wildman–Crippen MR) is 105 cm³/mol. The van der Waals surface area contributed by atoms with Gasteiger partial charge in [0.15, 0.2) is 5.65 Å². The van der Waals surface area contributed by atoms with Crippen LogP contribution in [0.3, 0.4) is 0 Å². The van der Waals surface area contributed by atoms with Crippen molar-refractivity contribution in [2.75, 3.05) is 36.6 Å². The minimum Gasteiger partial charge on any atom is -0.443 e. The highest BCUT2D eigenvalue weighted by molar-refractivity contribution is 5.88. The molecular formula is C19H22N6O3. The number of hydrogen-bond donors (Lipinski definition) is 2. The lowest BCUT2D eigenvalue weighted by molar-refractivity contribution is 0.123. The molecule has 1 aliphatic heterocycles. The second-order valence-corrected chi connectivity index (χ2v) is 6.47. The van der Waals surface area contributed by atoms with Crippen LogP contribution in [0.5, 0.6) is 0 Å². The highest BCUT2D eigenvalue weighted by Gasteiger charge is 2.18. The van der Waals surface area contributed by atoms with Crippen LogP contribution in [0.25, 0.3) is 11.2 Å². The van der Waals surface area contributed by atoms with Crippen LogP contribution in [0.2, 0.25) is 0 Å². The summed E-state index contributed by atoms with van der Waals surface area (Å²) in [6.07, 6.45) is 1.15. The number of aryl methyl sites for hydroxylation is 1. The molecule has 0 saturated carbocycles. The molecule has 1 aromatic carbocycles. The van der Waals surface area contributed by atoms with E-state index in [1.807, 2.05) is 48.0 Å². The lowest BCUT2D eigenvalue weighted by Crippen LogP contribution is -2.36. The Morgan fingerprint density at radius 1 is 1.25 bits per heavy atom. The topological polar surface area (TPSA) is 93.5 Å². The van der Waals surface area contributed by atoms with E-state index in [4.69, 9.17) is 9.47 Å². The normalized spacial score (nSPS) is 14.1. The Morgan fingerprint density at radius 2 is 2.04 bits per heavy atom. The molecule has 3 aromatic rings. The summed E-state index contributed by atoms with van der Waals surface area (Å²) in [6.45, 7) is 3.10. The fourth-order valence-corrected chi connectivity index (χ4v) is 3.06. The number of fused-ring (bicyclic) bond motifs is 1. The van der Waals surface area contributed by atoms with Crippen molar-refractivity contribution in [1.82, 2.24) is 20.0 Å². The molecule has 1 amide bonds. The van der Waals surface area contributed by atoms with Crippen LogP contribution in [0.1, 0.15) is 5.56 Å². The van der Waals surface area contributed by atoms with Crippen molar-refractivity contribution in [1.29, 1.82) is 0 Å². The van der Waals surface area contributed by atoms with Crippen molar-refractivity contribution < 1.29 is 14.3 Å². The number of carbonyl (C=O) groups is 1. The summed E-state index contributed by atoms with van der Waals surface area (Å²) in [5, 5.41) is 0. The molecular weight excluding hydrogens is 360 g/mol. The minimum atomic E-state index is -0.580. The molecule has 2 aromatic heterocycles. The molecule has 0 aliphatic carbocycles. The number of anilines is 2. The smallest absolute Gasteiger partial charge is 0.426 e. The molecule has 1 fully saturated rings. The number of rotatable bonds is 5. The van der Waals surface area contributed by atoms with E-state index in [9.17, 15) is 4.79 Å². The number of morpholine rings is 1. The first-order valence-corrected chi connectivity index (χ1v) is 9.08. The van der Waals surface area contributed by atoms with Gasteiger partial charge in [-0.3, -0.25) is 5.43 Å². The molecule has 0 spiro atoms. The van der Waals surface area contributed by atoms with Gasteiger partial charge in [0, 0.05) is 26.2 Å². The Labute approximate surface area is 162 Å². The van der Waals surface area contributed by atoms with E-state index in [0.29, 0.717) is 19.0 Å². The molecule has 0 atom stereocenters. The maximum absolute atomic E-state index is 12.0. The zero-order valence-corrected chi connectivity index (χ0v) is 15.6. The molecule has 1 aliphatic rings. The van der Waals surface area contributed by atoms with Crippen LogP contribution < -0.4 is 15.8 Å². The number of carbonyl (C=O) groups excluding carboxylic acids is 1. The zero-order chi connectivity index (χ0) is 19.3. The lowest BCUT2D eigenvalue weighted by Gasteiger charge is -2.29. The van der Waals surface area contributed by atoms with E-state index in [2.05, 4.69) is 25.7 Å². The largest absolute Gasteiger partial charge is 0.443 e. The standard InChI is InChI=1S/C19H22N6O3/c1-24-13-20-17-15(25-7-9-27-10-8-25)11-16(21-18(17)24)22-23-19(26)28-12-14-5-3-2-4-6-14/h2-6,11,13H,7-10,12H2,1H3,(H,21,22)(H,23,26). The lowest BCUT2D eigenvalue weighted by atomic mass is 10.2. The second kappa shape index (κ2) is 8.13. The number of amides is 1. The third-order valence-electron chi connectivity index (χ3n) is 4.51. The van der Waals surface area contributed by atoms with E-state index in [1.165, 1.54) is 0 Å². The summed E-state index contributed by atoms with van der Waals surface area (Å²) in [7, 11) is 1.89. The van der Waals surface area contributed by atoms with E-state index >= 15 is 0 Å². The first kappa shape index (κ1) is 18.1. The van der Waals surface area contributed by atoms with Crippen LogP contribution in [0.4, 0.5) is 16.3 Å². The number of nitrogens with zero attached hydrogens (tertiary/aromatic N) is 4. The molecule has 3 heterocycles. The third kappa shape index (κ3) is 3.99. The number of hydrogen-bond acceptors (Lipinski definition) is 7. The summed E-state index contributed by atoms with van der Waals surface area (Å²) in [6, 6.07) is 11.4. The average molecular weight is 382 g/mol. The van der Waals surface area contributed by atoms with Crippen molar-refractivity contribution in [2.24, 2.45) is 7.05 Å². The molecule has 9 heteroatoms.